The molecule has 1 aromatic carbocycles. The molecule has 0 amide bonds. The Hall–Kier alpha value is -2.43. The summed E-state index contributed by atoms with van der Waals surface area (Å²) in [6.45, 7) is 0. The summed E-state index contributed by atoms with van der Waals surface area (Å²) in [6, 6.07) is 5.69. The number of benzene rings is 1. The number of carbonyl (C=O) groups is 2. The van der Waals surface area contributed by atoms with E-state index in [4.69, 9.17) is 9.47 Å². The molecule has 0 N–H and O–H groups in total. The van der Waals surface area contributed by atoms with Crippen molar-refractivity contribution in [3.8, 4) is 5.75 Å². The van der Waals surface area contributed by atoms with Crippen LogP contribution in [-0.4, -0.2) is 26.0 Å². The van der Waals surface area contributed by atoms with Gasteiger partial charge in [0.1, 0.15) is 17.5 Å². The molecule has 5 heteroatoms. The average Bonchev–Trinajstić information content (AvgIpc) is 2.63. The molecule has 1 aliphatic rings. The maximum atomic E-state index is 13.9. The van der Waals surface area contributed by atoms with E-state index >= 15 is 0 Å². The fraction of sp³-hybridized carbons (Fsp3) is 0.400. The molecular formula is C20H23FO4. The van der Waals surface area contributed by atoms with Crippen LogP contribution >= 0.6 is 0 Å². The molecule has 0 fully saturated rings. The molecule has 0 aromatic heterocycles. The highest BCUT2D eigenvalue weighted by atomic mass is 19.1. The molecule has 1 aliphatic carbocycles. The first-order valence-electron chi connectivity index (χ1n) is 8.33. The van der Waals surface area contributed by atoms with Crippen LogP contribution in [0, 0.1) is 5.92 Å². The van der Waals surface area contributed by atoms with Gasteiger partial charge >= 0.3 is 5.97 Å². The van der Waals surface area contributed by atoms with Crippen molar-refractivity contribution < 1.29 is 23.5 Å². The third-order valence-corrected chi connectivity index (χ3v) is 4.28. The number of fused-ring (bicyclic) bond motifs is 1. The lowest BCUT2D eigenvalue weighted by Gasteiger charge is -2.11. The number of halogens is 1. The zero-order valence-electron chi connectivity index (χ0n) is 14.6. The number of ether oxygens (including phenoxy) is 2. The topological polar surface area (TPSA) is 52.6 Å². The molecule has 0 saturated carbocycles. The fourth-order valence-electron chi connectivity index (χ4n) is 2.82. The molecule has 1 atom stereocenters. The number of hydrogen-bond donors (Lipinski definition) is 0. The Morgan fingerprint density at radius 2 is 2.00 bits per heavy atom. The second-order valence-electron chi connectivity index (χ2n) is 5.93. The normalized spacial score (nSPS) is 22.3. The molecule has 25 heavy (non-hydrogen) atoms. The lowest BCUT2D eigenvalue weighted by Crippen LogP contribution is -2.24. The maximum absolute atomic E-state index is 13.9. The van der Waals surface area contributed by atoms with Gasteiger partial charge in [0, 0.05) is 12.8 Å². The van der Waals surface area contributed by atoms with Gasteiger partial charge in [-0.1, -0.05) is 24.3 Å². The van der Waals surface area contributed by atoms with Crippen LogP contribution in [0.25, 0.3) is 6.08 Å². The fourth-order valence-corrected chi connectivity index (χ4v) is 2.82. The van der Waals surface area contributed by atoms with Crippen LogP contribution in [0.4, 0.5) is 4.39 Å². The van der Waals surface area contributed by atoms with Crippen molar-refractivity contribution in [2.24, 2.45) is 5.92 Å². The standard InChI is InChI=1S/C20H23FO4/c1-24-17-11-9-14-5-4-8-18(20(23)25-2)19(22)12-10-16(21)7-3-6-15(14)13-17/h4-5,7,9,11,13,18H,3,6,8,10,12H2,1-2H3/b5-4+,16-7+. The minimum absolute atomic E-state index is 0.00326. The van der Waals surface area contributed by atoms with Crippen LogP contribution in [0.15, 0.2) is 36.2 Å². The number of ketones is 1. The van der Waals surface area contributed by atoms with Crippen LogP contribution < -0.4 is 4.74 Å². The Morgan fingerprint density at radius 1 is 1.20 bits per heavy atom. The number of hydrogen-bond acceptors (Lipinski definition) is 4. The molecule has 0 saturated heterocycles. The van der Waals surface area contributed by atoms with Gasteiger partial charge in [0.15, 0.2) is 0 Å². The van der Waals surface area contributed by atoms with Crippen LogP contribution in [0.1, 0.15) is 36.8 Å². The van der Waals surface area contributed by atoms with Gasteiger partial charge < -0.3 is 9.47 Å². The highest BCUT2D eigenvalue weighted by Gasteiger charge is 2.26. The third kappa shape index (κ3) is 5.28. The first-order chi connectivity index (χ1) is 12.0. The van der Waals surface area contributed by atoms with Gasteiger partial charge in [-0.15, -0.1) is 0 Å². The minimum atomic E-state index is -0.892. The van der Waals surface area contributed by atoms with Gasteiger partial charge in [0.25, 0.3) is 0 Å². The summed E-state index contributed by atoms with van der Waals surface area (Å²) in [4.78, 5) is 24.1. The molecule has 1 aromatic rings. The van der Waals surface area contributed by atoms with Gasteiger partial charge in [-0.05, 0) is 42.5 Å². The minimum Gasteiger partial charge on any atom is -0.497 e. The van der Waals surface area contributed by atoms with Crippen LogP contribution in [0.3, 0.4) is 0 Å². The second kappa shape index (κ2) is 9.16. The average molecular weight is 346 g/mol. The van der Waals surface area contributed by atoms with Crippen LogP contribution in [0.5, 0.6) is 5.75 Å². The number of allylic oxidation sites excluding steroid dienone is 3. The third-order valence-electron chi connectivity index (χ3n) is 4.28. The van der Waals surface area contributed by atoms with E-state index < -0.39 is 11.9 Å². The summed E-state index contributed by atoms with van der Waals surface area (Å²) < 4.78 is 23.9. The van der Waals surface area contributed by atoms with Crippen molar-refractivity contribution in [1.82, 2.24) is 0 Å². The Labute approximate surface area is 147 Å². The summed E-state index contributed by atoms with van der Waals surface area (Å²) >= 11 is 0. The van der Waals surface area contributed by atoms with Gasteiger partial charge in [-0.2, -0.15) is 0 Å². The predicted molar refractivity (Wildman–Crippen MR) is 93.9 cm³/mol. The zero-order chi connectivity index (χ0) is 18.2. The molecule has 0 spiro atoms. The smallest absolute Gasteiger partial charge is 0.316 e. The molecule has 0 heterocycles. The maximum Gasteiger partial charge on any atom is 0.316 e. The van der Waals surface area contributed by atoms with Crippen LogP contribution in [0.2, 0.25) is 0 Å². The first kappa shape index (κ1) is 18.9. The second-order valence-corrected chi connectivity index (χ2v) is 5.93. The number of Topliss-reactive ketones (excluding diaryl/α,β-unsaturated/α-hetero) is 1. The van der Waals surface area contributed by atoms with E-state index in [1.807, 2.05) is 24.3 Å². The Balaban J connectivity index is 2.34. The van der Waals surface area contributed by atoms with Gasteiger partial charge in [0.05, 0.1) is 20.0 Å². The van der Waals surface area contributed by atoms with Gasteiger partial charge in [-0.3, -0.25) is 9.59 Å². The lowest BCUT2D eigenvalue weighted by molar-refractivity contribution is -0.149. The molecule has 0 bridgehead atoms. The summed E-state index contributed by atoms with van der Waals surface area (Å²) in [5, 5.41) is 0. The van der Waals surface area contributed by atoms with E-state index in [1.54, 1.807) is 13.2 Å². The van der Waals surface area contributed by atoms with Crippen molar-refractivity contribution >= 4 is 17.8 Å². The van der Waals surface area contributed by atoms with Crippen LogP contribution in [-0.2, 0) is 20.7 Å². The van der Waals surface area contributed by atoms with Crippen molar-refractivity contribution in [1.29, 1.82) is 0 Å². The molecule has 0 aliphatic heterocycles. The van der Waals surface area contributed by atoms with E-state index in [9.17, 15) is 14.0 Å². The quantitative estimate of drug-likeness (QED) is 0.599. The van der Waals surface area contributed by atoms with Crippen molar-refractivity contribution in [2.75, 3.05) is 14.2 Å². The molecule has 4 nitrogen and oxygen atoms in total. The highest BCUT2D eigenvalue weighted by molar-refractivity contribution is 5.99. The van der Waals surface area contributed by atoms with Gasteiger partial charge in [0.2, 0.25) is 0 Å². The summed E-state index contributed by atoms with van der Waals surface area (Å²) in [7, 11) is 2.85. The molecular weight excluding hydrogens is 323 g/mol. The van der Waals surface area contributed by atoms with E-state index in [0.717, 1.165) is 16.9 Å². The number of rotatable bonds is 2. The van der Waals surface area contributed by atoms with E-state index in [0.29, 0.717) is 12.8 Å². The molecule has 2 rings (SSSR count). The van der Waals surface area contributed by atoms with E-state index in [2.05, 4.69) is 0 Å². The summed E-state index contributed by atoms with van der Waals surface area (Å²) in [5.74, 6) is -1.35. The van der Waals surface area contributed by atoms with Crippen molar-refractivity contribution in [3.63, 3.8) is 0 Å². The Morgan fingerprint density at radius 3 is 2.72 bits per heavy atom. The molecule has 1 unspecified atom stereocenters. The van der Waals surface area contributed by atoms with Crippen molar-refractivity contribution in [3.05, 3.63) is 47.3 Å². The summed E-state index contributed by atoms with van der Waals surface area (Å²) in [6.07, 6.45) is 6.64. The lowest BCUT2D eigenvalue weighted by atomic mass is 9.95. The molecule has 0 radical (unpaired) electrons. The van der Waals surface area contributed by atoms with Gasteiger partial charge in [-0.25, -0.2) is 4.39 Å². The number of methoxy groups -OCH3 is 2. The first-order valence-corrected chi connectivity index (χ1v) is 8.33. The number of esters is 1. The Bertz CT molecular complexity index is 691. The predicted octanol–water partition coefficient (Wildman–Crippen LogP) is 4.04. The number of aryl methyl sites for hydroxylation is 1. The largest absolute Gasteiger partial charge is 0.497 e. The number of carbonyl (C=O) groups excluding carboxylic acids is 2. The monoisotopic (exact) mass is 346 g/mol. The Kier molecular flexibility index (Phi) is 6.92. The van der Waals surface area contributed by atoms with Crippen molar-refractivity contribution in [2.45, 2.75) is 32.1 Å². The SMILES string of the molecule is COC(=O)C1C/C=C/c2ccc(OC)cc2CC/C=C(/F)CCC1=O. The van der Waals surface area contributed by atoms with E-state index in [1.165, 1.54) is 13.2 Å². The summed E-state index contributed by atoms with van der Waals surface area (Å²) in [5.41, 5.74) is 1.99. The highest BCUT2D eigenvalue weighted by Crippen LogP contribution is 2.23. The van der Waals surface area contributed by atoms with E-state index in [-0.39, 0.29) is 30.9 Å². The molecule has 134 valence electrons. The zero-order valence-corrected chi connectivity index (χ0v) is 14.6.